The second kappa shape index (κ2) is 4.39. The summed E-state index contributed by atoms with van der Waals surface area (Å²) in [7, 11) is 2.06. The zero-order chi connectivity index (χ0) is 10.7. The average molecular weight is 203 g/mol. The smallest absolute Gasteiger partial charge is 0.120 e. The van der Waals surface area contributed by atoms with Crippen molar-refractivity contribution >= 4 is 10.9 Å². The lowest BCUT2D eigenvalue weighted by Crippen LogP contribution is -1.96. The van der Waals surface area contributed by atoms with Gasteiger partial charge in [0.1, 0.15) is 5.75 Å². The van der Waals surface area contributed by atoms with E-state index in [1.54, 1.807) is 0 Å². The van der Waals surface area contributed by atoms with Gasteiger partial charge < -0.3 is 9.30 Å². The molecule has 0 amide bonds. The molecule has 2 rings (SSSR count). The van der Waals surface area contributed by atoms with Gasteiger partial charge >= 0.3 is 0 Å². The van der Waals surface area contributed by atoms with Crippen molar-refractivity contribution in [1.82, 2.24) is 4.57 Å². The summed E-state index contributed by atoms with van der Waals surface area (Å²) < 4.78 is 7.77. The Morgan fingerprint density at radius 3 is 2.93 bits per heavy atom. The van der Waals surface area contributed by atoms with Crippen molar-refractivity contribution in [2.75, 3.05) is 6.61 Å². The van der Waals surface area contributed by atoms with E-state index in [-0.39, 0.29) is 0 Å². The fraction of sp³-hybridized carbons (Fsp3) is 0.385. The number of fused-ring (bicyclic) bond motifs is 1. The van der Waals surface area contributed by atoms with Gasteiger partial charge in [-0.2, -0.15) is 0 Å². The van der Waals surface area contributed by atoms with E-state index in [9.17, 15) is 0 Å². The molecule has 0 aliphatic heterocycles. The predicted octanol–water partition coefficient (Wildman–Crippen LogP) is 3.36. The molecule has 1 aromatic carbocycles. The number of ether oxygens (including phenoxy) is 1. The number of rotatable bonds is 4. The summed E-state index contributed by atoms with van der Waals surface area (Å²) in [6.45, 7) is 2.98. The molecule has 0 saturated carbocycles. The van der Waals surface area contributed by atoms with Crippen LogP contribution < -0.4 is 4.74 Å². The Labute approximate surface area is 90.5 Å². The number of aromatic nitrogens is 1. The van der Waals surface area contributed by atoms with Crippen molar-refractivity contribution < 1.29 is 4.74 Å². The molecule has 1 heterocycles. The number of hydrogen-bond acceptors (Lipinski definition) is 1. The number of hydrogen-bond donors (Lipinski definition) is 0. The summed E-state index contributed by atoms with van der Waals surface area (Å²) in [5.74, 6) is 0.974. The molecule has 2 nitrogen and oxygen atoms in total. The maximum absolute atomic E-state index is 5.65. The molecule has 1 aromatic heterocycles. The van der Waals surface area contributed by atoms with Crippen LogP contribution in [0.3, 0.4) is 0 Å². The average Bonchev–Trinajstić information content (AvgIpc) is 2.61. The second-order valence-corrected chi connectivity index (χ2v) is 3.85. The van der Waals surface area contributed by atoms with E-state index in [0.29, 0.717) is 0 Å². The van der Waals surface area contributed by atoms with Crippen LogP contribution in [0.5, 0.6) is 5.75 Å². The minimum Gasteiger partial charge on any atom is -0.494 e. The van der Waals surface area contributed by atoms with E-state index in [4.69, 9.17) is 4.74 Å². The van der Waals surface area contributed by atoms with E-state index in [2.05, 4.69) is 42.9 Å². The minimum absolute atomic E-state index is 0.814. The van der Waals surface area contributed by atoms with Crippen molar-refractivity contribution in [3.63, 3.8) is 0 Å². The van der Waals surface area contributed by atoms with E-state index >= 15 is 0 Å². The lowest BCUT2D eigenvalue weighted by molar-refractivity contribution is 0.310. The van der Waals surface area contributed by atoms with Crippen molar-refractivity contribution in [2.24, 2.45) is 7.05 Å². The highest BCUT2D eigenvalue weighted by molar-refractivity contribution is 5.81. The van der Waals surface area contributed by atoms with E-state index in [1.165, 1.54) is 17.3 Å². The Kier molecular flexibility index (Phi) is 2.95. The molecule has 0 fully saturated rings. The first-order valence-electron chi connectivity index (χ1n) is 5.49. The largest absolute Gasteiger partial charge is 0.494 e. The van der Waals surface area contributed by atoms with Crippen LogP contribution >= 0.6 is 0 Å². The number of aryl methyl sites for hydroxylation is 1. The molecule has 0 N–H and O–H groups in total. The maximum Gasteiger partial charge on any atom is 0.120 e. The maximum atomic E-state index is 5.65. The van der Waals surface area contributed by atoms with Crippen molar-refractivity contribution in [1.29, 1.82) is 0 Å². The van der Waals surface area contributed by atoms with E-state index in [1.807, 2.05) is 6.07 Å². The van der Waals surface area contributed by atoms with Gasteiger partial charge in [0.15, 0.2) is 0 Å². The molecule has 2 heteroatoms. The van der Waals surface area contributed by atoms with Gasteiger partial charge in [-0.25, -0.2) is 0 Å². The van der Waals surface area contributed by atoms with Crippen LogP contribution in [0.2, 0.25) is 0 Å². The first-order chi connectivity index (χ1) is 7.31. The third-order valence-corrected chi connectivity index (χ3v) is 2.62. The summed E-state index contributed by atoms with van der Waals surface area (Å²) in [5.41, 5.74) is 1.25. The molecule has 15 heavy (non-hydrogen) atoms. The molecule has 0 saturated heterocycles. The van der Waals surface area contributed by atoms with Crippen LogP contribution in [0.15, 0.2) is 30.5 Å². The minimum atomic E-state index is 0.814. The molecular formula is C13H17NO. The Morgan fingerprint density at radius 1 is 1.27 bits per heavy atom. The molecule has 0 atom stereocenters. The summed E-state index contributed by atoms with van der Waals surface area (Å²) in [6.07, 6.45) is 4.36. The molecule has 0 spiro atoms. The van der Waals surface area contributed by atoms with Crippen LogP contribution in [-0.4, -0.2) is 11.2 Å². The Morgan fingerprint density at radius 2 is 2.13 bits per heavy atom. The zero-order valence-corrected chi connectivity index (χ0v) is 9.36. The van der Waals surface area contributed by atoms with Crippen molar-refractivity contribution in [3.05, 3.63) is 30.5 Å². The van der Waals surface area contributed by atoms with Gasteiger partial charge in [-0.15, -0.1) is 0 Å². The van der Waals surface area contributed by atoms with Crippen LogP contribution in [0.4, 0.5) is 0 Å². The summed E-state index contributed by atoms with van der Waals surface area (Å²) in [6, 6.07) is 8.36. The van der Waals surface area contributed by atoms with Crippen LogP contribution in [0.25, 0.3) is 10.9 Å². The highest BCUT2D eigenvalue weighted by atomic mass is 16.5. The van der Waals surface area contributed by atoms with Crippen molar-refractivity contribution in [2.45, 2.75) is 19.8 Å². The molecule has 80 valence electrons. The van der Waals surface area contributed by atoms with Gasteiger partial charge in [-0.3, -0.25) is 0 Å². The van der Waals surface area contributed by atoms with Gasteiger partial charge in [0.05, 0.1) is 6.61 Å². The van der Waals surface area contributed by atoms with E-state index in [0.717, 1.165) is 18.8 Å². The van der Waals surface area contributed by atoms with Gasteiger partial charge in [0.2, 0.25) is 0 Å². The molecule has 0 radical (unpaired) electrons. The quantitative estimate of drug-likeness (QED) is 0.695. The molecule has 2 aromatic rings. The fourth-order valence-electron chi connectivity index (χ4n) is 1.68. The van der Waals surface area contributed by atoms with Gasteiger partial charge in [0.25, 0.3) is 0 Å². The molecule has 0 aliphatic rings. The summed E-state index contributed by atoms with van der Waals surface area (Å²) in [4.78, 5) is 0. The highest BCUT2D eigenvalue weighted by Crippen LogP contribution is 2.21. The number of benzene rings is 1. The standard InChI is InChI=1S/C13H17NO/c1-3-4-9-15-12-5-6-13-11(10-12)7-8-14(13)2/h5-8,10H,3-4,9H2,1-2H3. The first kappa shape index (κ1) is 10.1. The van der Waals surface area contributed by atoms with Gasteiger partial charge in [-0.1, -0.05) is 13.3 Å². The third-order valence-electron chi connectivity index (χ3n) is 2.62. The lowest BCUT2D eigenvalue weighted by Gasteiger charge is -2.05. The van der Waals surface area contributed by atoms with E-state index < -0.39 is 0 Å². The Bertz CT molecular complexity index is 445. The lowest BCUT2D eigenvalue weighted by atomic mass is 10.2. The SMILES string of the molecule is CCCCOc1ccc2c(ccn2C)c1. The monoisotopic (exact) mass is 203 g/mol. The third kappa shape index (κ3) is 2.14. The highest BCUT2D eigenvalue weighted by Gasteiger charge is 1.99. The van der Waals surface area contributed by atoms with Crippen LogP contribution in [-0.2, 0) is 7.05 Å². The predicted molar refractivity (Wildman–Crippen MR) is 63.3 cm³/mol. The fourth-order valence-corrected chi connectivity index (χ4v) is 1.68. The molecule has 0 aliphatic carbocycles. The Hall–Kier alpha value is -1.44. The first-order valence-corrected chi connectivity index (χ1v) is 5.49. The zero-order valence-electron chi connectivity index (χ0n) is 9.36. The van der Waals surface area contributed by atoms with Gasteiger partial charge in [-0.05, 0) is 30.7 Å². The number of unbranched alkanes of at least 4 members (excludes halogenated alkanes) is 1. The summed E-state index contributed by atoms with van der Waals surface area (Å²) >= 11 is 0. The van der Waals surface area contributed by atoms with Crippen molar-refractivity contribution in [3.8, 4) is 5.75 Å². The molecule has 0 bridgehead atoms. The topological polar surface area (TPSA) is 14.2 Å². The second-order valence-electron chi connectivity index (χ2n) is 3.85. The Balaban J connectivity index is 2.16. The number of nitrogens with zero attached hydrogens (tertiary/aromatic N) is 1. The van der Waals surface area contributed by atoms with Crippen LogP contribution in [0.1, 0.15) is 19.8 Å². The van der Waals surface area contributed by atoms with Gasteiger partial charge in [0, 0.05) is 24.1 Å². The molecular weight excluding hydrogens is 186 g/mol. The normalized spacial score (nSPS) is 10.8. The van der Waals surface area contributed by atoms with Crippen LogP contribution in [0, 0.1) is 0 Å². The molecule has 0 unspecified atom stereocenters. The summed E-state index contributed by atoms with van der Waals surface area (Å²) in [5, 5.41) is 1.24.